The van der Waals surface area contributed by atoms with E-state index in [-0.39, 0.29) is 5.91 Å². The number of halogens is 2. The predicted molar refractivity (Wildman–Crippen MR) is 67.6 cm³/mol. The van der Waals surface area contributed by atoms with Gasteiger partial charge in [-0.05, 0) is 12.1 Å². The molecule has 17 heavy (non-hydrogen) atoms. The highest BCUT2D eigenvalue weighted by Crippen LogP contribution is 2.30. The summed E-state index contributed by atoms with van der Waals surface area (Å²) in [6.45, 7) is 0. The van der Waals surface area contributed by atoms with E-state index in [1.807, 2.05) is 0 Å². The van der Waals surface area contributed by atoms with Crippen molar-refractivity contribution in [2.24, 2.45) is 7.05 Å². The summed E-state index contributed by atoms with van der Waals surface area (Å²) in [6.07, 6.45) is 3.08. The fourth-order valence-corrected chi connectivity index (χ4v) is 1.83. The molecule has 0 radical (unpaired) electrons. The molecule has 4 nitrogen and oxygen atoms in total. The summed E-state index contributed by atoms with van der Waals surface area (Å²) in [6, 6.07) is 5.03. The van der Waals surface area contributed by atoms with Gasteiger partial charge in [0.25, 0.3) is 5.91 Å². The molecule has 1 aromatic carbocycles. The fourth-order valence-electron chi connectivity index (χ4n) is 1.34. The standard InChI is InChI=1S/C11H9Cl2N3O/c1-16-6-7(5-14-16)11(17)15-10-8(12)3-2-4-9(10)13/h2-6H,1H3,(H,15,17). The zero-order valence-electron chi connectivity index (χ0n) is 8.95. The lowest BCUT2D eigenvalue weighted by Gasteiger charge is -2.07. The van der Waals surface area contributed by atoms with E-state index in [1.165, 1.54) is 6.20 Å². The first-order valence-corrected chi connectivity index (χ1v) is 5.57. The molecule has 0 spiro atoms. The van der Waals surface area contributed by atoms with Crippen molar-refractivity contribution in [2.75, 3.05) is 5.32 Å². The number of rotatable bonds is 2. The SMILES string of the molecule is Cn1cc(C(=O)Nc2c(Cl)cccc2Cl)cn1. The lowest BCUT2D eigenvalue weighted by molar-refractivity contribution is 0.102. The Bertz CT molecular complexity index is 545. The van der Waals surface area contributed by atoms with Crippen molar-refractivity contribution in [1.82, 2.24) is 9.78 Å². The molecule has 0 unspecified atom stereocenters. The molecule has 0 aliphatic carbocycles. The Balaban J connectivity index is 2.24. The number of para-hydroxylation sites is 1. The van der Waals surface area contributed by atoms with Gasteiger partial charge in [-0.3, -0.25) is 9.48 Å². The van der Waals surface area contributed by atoms with Crippen molar-refractivity contribution in [1.29, 1.82) is 0 Å². The summed E-state index contributed by atoms with van der Waals surface area (Å²) in [5, 5.41) is 7.36. The van der Waals surface area contributed by atoms with E-state index in [4.69, 9.17) is 23.2 Å². The molecule has 0 aliphatic heterocycles. The molecule has 2 rings (SSSR count). The van der Waals surface area contributed by atoms with Crippen LogP contribution >= 0.6 is 23.2 Å². The normalized spacial score (nSPS) is 10.3. The van der Waals surface area contributed by atoms with Gasteiger partial charge in [0.2, 0.25) is 0 Å². The van der Waals surface area contributed by atoms with Crippen LogP contribution in [0.2, 0.25) is 10.0 Å². The molecular formula is C11H9Cl2N3O. The van der Waals surface area contributed by atoms with Gasteiger partial charge in [-0.25, -0.2) is 0 Å². The molecule has 2 aromatic rings. The first-order chi connectivity index (χ1) is 8.08. The number of hydrogen-bond acceptors (Lipinski definition) is 2. The third-order valence-corrected chi connectivity index (χ3v) is 2.80. The van der Waals surface area contributed by atoms with Gasteiger partial charge in [0.15, 0.2) is 0 Å². The summed E-state index contributed by atoms with van der Waals surface area (Å²) in [5.41, 5.74) is 0.855. The summed E-state index contributed by atoms with van der Waals surface area (Å²) in [5.74, 6) is -0.298. The van der Waals surface area contributed by atoms with Crippen LogP contribution in [0.25, 0.3) is 0 Å². The molecule has 0 fully saturated rings. The highest BCUT2D eigenvalue weighted by Gasteiger charge is 2.12. The molecule has 0 bridgehead atoms. The van der Waals surface area contributed by atoms with Crippen LogP contribution in [0.4, 0.5) is 5.69 Å². The monoisotopic (exact) mass is 269 g/mol. The predicted octanol–water partition coefficient (Wildman–Crippen LogP) is 2.98. The number of hydrogen-bond donors (Lipinski definition) is 1. The fraction of sp³-hybridized carbons (Fsp3) is 0.0909. The molecule has 1 aromatic heterocycles. The van der Waals surface area contributed by atoms with E-state index < -0.39 is 0 Å². The van der Waals surface area contributed by atoms with Gasteiger partial charge in [-0.2, -0.15) is 5.10 Å². The highest BCUT2D eigenvalue weighted by molar-refractivity contribution is 6.40. The molecule has 88 valence electrons. The third-order valence-electron chi connectivity index (χ3n) is 2.17. The molecule has 6 heteroatoms. The summed E-state index contributed by atoms with van der Waals surface area (Å²) in [4.78, 5) is 11.9. The van der Waals surface area contributed by atoms with Gasteiger partial charge in [-0.1, -0.05) is 29.3 Å². The van der Waals surface area contributed by atoms with Gasteiger partial charge in [0.05, 0.1) is 27.5 Å². The van der Waals surface area contributed by atoms with Crippen molar-refractivity contribution in [3.05, 3.63) is 46.2 Å². The molecule has 0 saturated heterocycles. The zero-order valence-corrected chi connectivity index (χ0v) is 10.5. The topological polar surface area (TPSA) is 46.9 Å². The second-order valence-electron chi connectivity index (χ2n) is 3.45. The van der Waals surface area contributed by atoms with Crippen molar-refractivity contribution in [3.8, 4) is 0 Å². The average Bonchev–Trinajstić information content (AvgIpc) is 2.70. The van der Waals surface area contributed by atoms with Crippen LogP contribution in [0.15, 0.2) is 30.6 Å². The number of anilines is 1. The minimum Gasteiger partial charge on any atom is -0.319 e. The van der Waals surface area contributed by atoms with Crippen LogP contribution in [0.5, 0.6) is 0 Å². The quantitative estimate of drug-likeness (QED) is 0.911. The van der Waals surface area contributed by atoms with Crippen LogP contribution < -0.4 is 5.32 Å². The Morgan fingerprint density at radius 1 is 1.35 bits per heavy atom. The Kier molecular flexibility index (Phi) is 3.36. The smallest absolute Gasteiger partial charge is 0.258 e. The average molecular weight is 270 g/mol. The van der Waals surface area contributed by atoms with E-state index in [2.05, 4.69) is 10.4 Å². The van der Waals surface area contributed by atoms with Crippen molar-refractivity contribution >= 4 is 34.8 Å². The largest absolute Gasteiger partial charge is 0.319 e. The number of aryl methyl sites for hydroxylation is 1. The number of aromatic nitrogens is 2. The summed E-state index contributed by atoms with van der Waals surface area (Å²) in [7, 11) is 1.74. The molecule has 0 aliphatic rings. The van der Waals surface area contributed by atoms with Gasteiger partial charge in [-0.15, -0.1) is 0 Å². The number of carbonyl (C=O) groups excluding carboxylic acids is 1. The molecule has 1 heterocycles. The lowest BCUT2D eigenvalue weighted by Crippen LogP contribution is -2.11. The molecular weight excluding hydrogens is 261 g/mol. The van der Waals surface area contributed by atoms with E-state index in [0.29, 0.717) is 21.3 Å². The van der Waals surface area contributed by atoms with E-state index in [0.717, 1.165) is 0 Å². The second kappa shape index (κ2) is 4.77. The first-order valence-electron chi connectivity index (χ1n) is 4.82. The van der Waals surface area contributed by atoms with Crippen LogP contribution in [0.1, 0.15) is 10.4 Å². The minimum absolute atomic E-state index is 0.298. The van der Waals surface area contributed by atoms with Crippen molar-refractivity contribution in [2.45, 2.75) is 0 Å². The Morgan fingerprint density at radius 2 is 2.00 bits per heavy atom. The maximum absolute atomic E-state index is 11.9. The number of carbonyl (C=O) groups is 1. The van der Waals surface area contributed by atoms with Crippen molar-refractivity contribution in [3.63, 3.8) is 0 Å². The van der Waals surface area contributed by atoms with Gasteiger partial charge < -0.3 is 5.32 Å². The summed E-state index contributed by atoms with van der Waals surface area (Å²) < 4.78 is 1.54. The molecule has 1 N–H and O–H groups in total. The Labute approximate surface area is 108 Å². The molecule has 0 saturated carbocycles. The van der Waals surface area contributed by atoms with Crippen LogP contribution in [0, 0.1) is 0 Å². The summed E-state index contributed by atoms with van der Waals surface area (Å²) >= 11 is 11.9. The maximum atomic E-state index is 11.9. The maximum Gasteiger partial charge on any atom is 0.258 e. The van der Waals surface area contributed by atoms with E-state index in [9.17, 15) is 4.79 Å². The van der Waals surface area contributed by atoms with Crippen LogP contribution in [0.3, 0.4) is 0 Å². The van der Waals surface area contributed by atoms with Gasteiger partial charge >= 0.3 is 0 Å². The Morgan fingerprint density at radius 3 is 2.53 bits per heavy atom. The van der Waals surface area contributed by atoms with E-state index in [1.54, 1.807) is 36.1 Å². The third kappa shape index (κ3) is 2.60. The van der Waals surface area contributed by atoms with Gasteiger partial charge in [0, 0.05) is 13.2 Å². The lowest BCUT2D eigenvalue weighted by atomic mass is 10.3. The van der Waals surface area contributed by atoms with Gasteiger partial charge in [0.1, 0.15) is 0 Å². The van der Waals surface area contributed by atoms with Crippen LogP contribution in [-0.2, 0) is 7.05 Å². The number of amides is 1. The molecule has 1 amide bonds. The Hall–Kier alpha value is -1.52. The number of benzene rings is 1. The highest BCUT2D eigenvalue weighted by atomic mass is 35.5. The van der Waals surface area contributed by atoms with E-state index >= 15 is 0 Å². The van der Waals surface area contributed by atoms with Crippen molar-refractivity contribution < 1.29 is 4.79 Å². The second-order valence-corrected chi connectivity index (χ2v) is 4.27. The minimum atomic E-state index is -0.298. The number of nitrogens with one attached hydrogen (secondary N) is 1. The molecule has 0 atom stereocenters. The first kappa shape index (κ1) is 12.0. The number of nitrogens with zero attached hydrogens (tertiary/aromatic N) is 2. The van der Waals surface area contributed by atoms with Crippen LogP contribution in [-0.4, -0.2) is 15.7 Å². The zero-order chi connectivity index (χ0) is 12.4.